The molecule has 0 fully saturated rings. The van der Waals surface area contributed by atoms with Crippen LogP contribution in [0.2, 0.25) is 0 Å². The summed E-state index contributed by atoms with van der Waals surface area (Å²) >= 11 is 0. The summed E-state index contributed by atoms with van der Waals surface area (Å²) in [5.41, 5.74) is 0. The van der Waals surface area contributed by atoms with Crippen LogP contribution >= 0.6 is 0 Å². The van der Waals surface area contributed by atoms with Crippen molar-refractivity contribution in [3.8, 4) is 0 Å². The summed E-state index contributed by atoms with van der Waals surface area (Å²) in [7, 11) is 0. The predicted molar refractivity (Wildman–Crippen MR) is 348 cm³/mol. The van der Waals surface area contributed by atoms with Crippen LogP contribution in [0.5, 0.6) is 0 Å². The van der Waals surface area contributed by atoms with Gasteiger partial charge in [-0.2, -0.15) is 0 Å². The number of rotatable bonds is 61. The van der Waals surface area contributed by atoms with E-state index in [1.807, 2.05) is 0 Å². The number of carbonyl (C=O) groups excluding carboxylic acids is 3. The predicted octanol–water partition coefficient (Wildman–Crippen LogP) is 23.4. The summed E-state index contributed by atoms with van der Waals surface area (Å²) in [6.45, 7) is 6.51. The van der Waals surface area contributed by atoms with Crippen LogP contribution in [0, 0.1) is 0 Å². The van der Waals surface area contributed by atoms with E-state index in [-0.39, 0.29) is 37.5 Å². The Balaban J connectivity index is 4.46. The molecule has 458 valence electrons. The van der Waals surface area contributed by atoms with Crippen LogP contribution < -0.4 is 0 Å². The smallest absolute Gasteiger partial charge is 0.306 e. The molecule has 0 radical (unpaired) electrons. The fraction of sp³-hybridized carbons (Fsp3) is 0.716. The summed E-state index contributed by atoms with van der Waals surface area (Å²) < 4.78 is 16.9. The molecule has 0 spiro atoms. The molecule has 80 heavy (non-hydrogen) atoms. The van der Waals surface area contributed by atoms with Gasteiger partial charge in [0.2, 0.25) is 0 Å². The van der Waals surface area contributed by atoms with Gasteiger partial charge in [0.15, 0.2) is 6.10 Å². The van der Waals surface area contributed by atoms with Gasteiger partial charge in [0.05, 0.1) is 0 Å². The highest BCUT2D eigenvalue weighted by molar-refractivity contribution is 5.71. The lowest BCUT2D eigenvalue weighted by molar-refractivity contribution is -0.167. The van der Waals surface area contributed by atoms with Crippen LogP contribution in [0.3, 0.4) is 0 Å². The molecule has 0 rings (SSSR count). The Hall–Kier alpha value is -3.93. The van der Waals surface area contributed by atoms with Crippen molar-refractivity contribution in [3.05, 3.63) is 109 Å². The van der Waals surface area contributed by atoms with Gasteiger partial charge in [-0.1, -0.05) is 304 Å². The monoisotopic (exact) mass is 1110 g/mol. The molecule has 6 heteroatoms. The number of ether oxygens (including phenoxy) is 3. The Kier molecular flexibility index (Phi) is 64.3. The van der Waals surface area contributed by atoms with Gasteiger partial charge in [-0.15, -0.1) is 0 Å². The van der Waals surface area contributed by atoms with Crippen LogP contribution in [-0.2, 0) is 28.6 Å². The minimum atomic E-state index is -0.807. The van der Waals surface area contributed by atoms with Gasteiger partial charge in [-0.3, -0.25) is 14.4 Å². The van der Waals surface area contributed by atoms with Gasteiger partial charge in [0.25, 0.3) is 0 Å². The van der Waals surface area contributed by atoms with Crippen LogP contribution in [0.15, 0.2) is 109 Å². The Morgan fingerprint density at radius 2 is 0.487 bits per heavy atom. The second-order valence-electron chi connectivity index (χ2n) is 22.4. The van der Waals surface area contributed by atoms with Gasteiger partial charge in [0.1, 0.15) is 13.2 Å². The molecule has 0 amide bonds. The maximum absolute atomic E-state index is 12.9. The van der Waals surface area contributed by atoms with Crippen molar-refractivity contribution in [2.75, 3.05) is 13.2 Å². The van der Waals surface area contributed by atoms with E-state index >= 15 is 0 Å². The fourth-order valence-electron chi connectivity index (χ4n) is 9.45. The first kappa shape index (κ1) is 76.1. The third-order valence-electron chi connectivity index (χ3n) is 14.5. The number of allylic oxidation sites excluding steroid dienone is 18. The summed E-state index contributed by atoms with van der Waals surface area (Å²) in [4.78, 5) is 38.4. The first-order valence-corrected chi connectivity index (χ1v) is 33.9. The van der Waals surface area contributed by atoms with Crippen molar-refractivity contribution in [2.24, 2.45) is 0 Å². The molecule has 0 aliphatic heterocycles. The van der Waals surface area contributed by atoms with Crippen molar-refractivity contribution >= 4 is 17.9 Å². The first-order valence-electron chi connectivity index (χ1n) is 33.9. The third kappa shape index (κ3) is 64.9. The lowest BCUT2D eigenvalue weighted by atomic mass is 10.0. The van der Waals surface area contributed by atoms with E-state index in [2.05, 4.69) is 130 Å². The zero-order valence-electron chi connectivity index (χ0n) is 52.6. The van der Waals surface area contributed by atoms with Gasteiger partial charge >= 0.3 is 17.9 Å². The zero-order chi connectivity index (χ0) is 57.8. The maximum atomic E-state index is 12.9. The highest BCUT2D eigenvalue weighted by atomic mass is 16.6. The van der Waals surface area contributed by atoms with Crippen LogP contribution in [0.4, 0.5) is 0 Å². The van der Waals surface area contributed by atoms with E-state index in [4.69, 9.17) is 14.2 Å². The van der Waals surface area contributed by atoms with Crippen LogP contribution in [0.1, 0.15) is 323 Å². The molecule has 0 bridgehead atoms. The van der Waals surface area contributed by atoms with Gasteiger partial charge in [0, 0.05) is 19.3 Å². The van der Waals surface area contributed by atoms with E-state index < -0.39 is 6.10 Å². The highest BCUT2D eigenvalue weighted by Gasteiger charge is 2.19. The SMILES string of the molecule is CC/C=C\C/C=C\C/C=C\C/C=C\C/C=C\C/C=C\CCCCC(=O)OC(COC(=O)CCCCCCCCCC/C=C\C/C=C\C/C=C\CCCCCCC)COC(=O)CCCCCCCCCCCCCCCCCCCC. The van der Waals surface area contributed by atoms with Crippen molar-refractivity contribution < 1.29 is 28.6 Å². The lowest BCUT2D eigenvalue weighted by Gasteiger charge is -2.18. The molecule has 6 nitrogen and oxygen atoms in total. The molecule has 0 N–H and O–H groups in total. The van der Waals surface area contributed by atoms with Crippen molar-refractivity contribution in [2.45, 2.75) is 329 Å². The standard InChI is InChI=1S/C74H126O6/c1-4-7-10-13-16-19-22-25-28-31-34-36-37-39-40-43-46-49-52-55-58-61-64-67-73(76)79-70-71(69-78-72(75)66-63-60-57-54-51-48-45-42-33-30-27-24-21-18-15-12-9-6-3)80-74(77)68-65-62-59-56-53-50-47-44-41-38-35-32-29-26-23-20-17-14-11-8-5-2/h8,11,17,20,22,25-26,29,31,34-35,37-39,44,47,53,56,71H,4-7,9-10,12-16,18-19,21,23-24,27-28,30,32-33,36,40-43,45-46,48-52,54-55,57-70H2,1-3H3/b11-8-,20-17-,25-22-,29-26-,34-31-,38-35-,39-37-,47-44-,56-53-. The van der Waals surface area contributed by atoms with E-state index in [0.717, 1.165) is 109 Å². The number of esters is 3. The van der Waals surface area contributed by atoms with E-state index in [1.165, 1.54) is 167 Å². The Morgan fingerprint density at radius 3 is 0.787 bits per heavy atom. The molecule has 0 saturated heterocycles. The molecule has 0 aromatic heterocycles. The average molecular weight is 1110 g/mol. The molecule has 0 heterocycles. The molecule has 0 aliphatic rings. The first-order chi connectivity index (χ1) is 39.5. The van der Waals surface area contributed by atoms with Gasteiger partial charge in [-0.05, 0) is 109 Å². The summed E-state index contributed by atoms with van der Waals surface area (Å²) in [6, 6.07) is 0. The number of unbranched alkanes of at least 4 members (excludes halogenated alkanes) is 32. The minimum absolute atomic E-state index is 0.0967. The van der Waals surface area contributed by atoms with E-state index in [0.29, 0.717) is 19.3 Å². The van der Waals surface area contributed by atoms with Crippen LogP contribution in [0.25, 0.3) is 0 Å². The Labute approximate surface area is 495 Å². The molecular formula is C74H126O6. The molecule has 1 unspecified atom stereocenters. The molecule has 0 aromatic carbocycles. The molecule has 1 atom stereocenters. The lowest BCUT2D eigenvalue weighted by Crippen LogP contribution is -2.30. The number of hydrogen-bond acceptors (Lipinski definition) is 6. The van der Waals surface area contributed by atoms with E-state index in [9.17, 15) is 14.4 Å². The average Bonchev–Trinajstić information content (AvgIpc) is 3.46. The fourth-order valence-corrected chi connectivity index (χ4v) is 9.45. The number of carbonyl (C=O) groups is 3. The van der Waals surface area contributed by atoms with Gasteiger partial charge < -0.3 is 14.2 Å². The highest BCUT2D eigenvalue weighted by Crippen LogP contribution is 2.17. The molecule has 0 saturated carbocycles. The summed E-state index contributed by atoms with van der Waals surface area (Å²) in [5.74, 6) is -0.936. The van der Waals surface area contributed by atoms with E-state index in [1.54, 1.807) is 0 Å². The second-order valence-corrected chi connectivity index (χ2v) is 22.4. The molecular weight excluding hydrogens is 985 g/mol. The Bertz CT molecular complexity index is 1610. The van der Waals surface area contributed by atoms with Crippen molar-refractivity contribution in [3.63, 3.8) is 0 Å². The quantitative estimate of drug-likeness (QED) is 0.0261. The minimum Gasteiger partial charge on any atom is -0.462 e. The number of hydrogen-bond donors (Lipinski definition) is 0. The van der Waals surface area contributed by atoms with Crippen molar-refractivity contribution in [1.29, 1.82) is 0 Å². The zero-order valence-corrected chi connectivity index (χ0v) is 52.6. The maximum Gasteiger partial charge on any atom is 0.306 e. The second kappa shape index (κ2) is 67.6. The molecule has 0 aliphatic carbocycles. The Morgan fingerprint density at radius 1 is 0.263 bits per heavy atom. The largest absolute Gasteiger partial charge is 0.462 e. The molecule has 0 aromatic rings. The van der Waals surface area contributed by atoms with Crippen LogP contribution in [-0.4, -0.2) is 37.2 Å². The van der Waals surface area contributed by atoms with Crippen molar-refractivity contribution in [1.82, 2.24) is 0 Å². The summed E-state index contributed by atoms with van der Waals surface area (Å²) in [5, 5.41) is 0. The summed E-state index contributed by atoms with van der Waals surface area (Å²) in [6.07, 6.45) is 92.4. The normalized spacial score (nSPS) is 12.8. The topological polar surface area (TPSA) is 78.9 Å². The third-order valence-corrected chi connectivity index (χ3v) is 14.5. The van der Waals surface area contributed by atoms with Gasteiger partial charge in [-0.25, -0.2) is 0 Å².